The van der Waals surface area contributed by atoms with E-state index < -0.39 is 0 Å². The summed E-state index contributed by atoms with van der Waals surface area (Å²) in [5.41, 5.74) is 10.9. The van der Waals surface area contributed by atoms with Crippen molar-refractivity contribution in [3.63, 3.8) is 0 Å². The lowest BCUT2D eigenvalue weighted by atomic mass is 10.0. The van der Waals surface area contributed by atoms with Crippen molar-refractivity contribution >= 4 is 0 Å². The number of aromatic amines is 2. The molecule has 5 nitrogen and oxygen atoms in total. The molecule has 0 bridgehead atoms. The van der Waals surface area contributed by atoms with E-state index in [0.717, 1.165) is 34.6 Å². The Hall–Kier alpha value is -1.62. The van der Waals surface area contributed by atoms with Gasteiger partial charge in [0.05, 0.1) is 17.6 Å². The third-order valence-corrected chi connectivity index (χ3v) is 2.51. The summed E-state index contributed by atoms with van der Waals surface area (Å²) in [6, 6.07) is 0. The van der Waals surface area contributed by atoms with Gasteiger partial charge in [0.25, 0.3) is 0 Å². The molecule has 0 aliphatic rings. The number of hydrogen-bond acceptors (Lipinski definition) is 3. The van der Waals surface area contributed by atoms with Crippen LogP contribution in [0.25, 0.3) is 11.3 Å². The lowest BCUT2D eigenvalue weighted by Crippen LogP contribution is -2.03. The van der Waals surface area contributed by atoms with E-state index >= 15 is 0 Å². The molecule has 0 aliphatic heterocycles. The quantitative estimate of drug-likeness (QED) is 0.696. The zero-order chi connectivity index (χ0) is 10.8. The fourth-order valence-corrected chi connectivity index (χ4v) is 1.79. The van der Waals surface area contributed by atoms with Crippen molar-refractivity contribution in [2.75, 3.05) is 6.54 Å². The molecular formula is C10H15N5. The van der Waals surface area contributed by atoms with Crippen molar-refractivity contribution in [1.82, 2.24) is 20.4 Å². The van der Waals surface area contributed by atoms with Crippen LogP contribution in [0, 0.1) is 13.8 Å². The Labute approximate surface area is 88.1 Å². The molecular weight excluding hydrogens is 190 g/mol. The second kappa shape index (κ2) is 3.86. The number of H-pyrrole nitrogens is 2. The number of aromatic nitrogens is 4. The number of aryl methyl sites for hydroxylation is 2. The lowest BCUT2D eigenvalue weighted by Gasteiger charge is -2.01. The minimum Gasteiger partial charge on any atom is -0.330 e. The van der Waals surface area contributed by atoms with Crippen LogP contribution < -0.4 is 5.73 Å². The van der Waals surface area contributed by atoms with Crippen LogP contribution in [0.4, 0.5) is 0 Å². The standard InChI is InChI=1S/C10H15N5/c1-6-9(7(2)14-13-6)10-8(3-4-11)5-12-15-10/h5H,3-4,11H2,1-2H3,(H,12,15)(H,13,14). The predicted octanol–water partition coefficient (Wildman–Crippen LogP) is 0.918. The number of hydrogen-bond donors (Lipinski definition) is 3. The van der Waals surface area contributed by atoms with Gasteiger partial charge in [-0.2, -0.15) is 10.2 Å². The van der Waals surface area contributed by atoms with Gasteiger partial charge in [0.1, 0.15) is 0 Å². The normalized spacial score (nSPS) is 10.9. The van der Waals surface area contributed by atoms with E-state index in [2.05, 4.69) is 20.4 Å². The summed E-state index contributed by atoms with van der Waals surface area (Å²) in [7, 11) is 0. The van der Waals surface area contributed by atoms with Crippen molar-refractivity contribution in [3.05, 3.63) is 23.1 Å². The molecule has 15 heavy (non-hydrogen) atoms. The second-order valence-corrected chi connectivity index (χ2v) is 3.62. The first-order valence-corrected chi connectivity index (χ1v) is 4.98. The first-order chi connectivity index (χ1) is 7.24. The highest BCUT2D eigenvalue weighted by atomic mass is 15.1. The van der Waals surface area contributed by atoms with Crippen molar-refractivity contribution in [2.45, 2.75) is 20.3 Å². The van der Waals surface area contributed by atoms with Gasteiger partial charge in [0.2, 0.25) is 0 Å². The molecule has 0 saturated heterocycles. The molecule has 4 N–H and O–H groups in total. The highest BCUT2D eigenvalue weighted by Crippen LogP contribution is 2.26. The first kappa shape index (κ1) is 9.92. The summed E-state index contributed by atoms with van der Waals surface area (Å²) in [4.78, 5) is 0. The highest BCUT2D eigenvalue weighted by Gasteiger charge is 2.14. The SMILES string of the molecule is Cc1n[nH]c(C)c1-c1[nH]ncc1CCN. The van der Waals surface area contributed by atoms with E-state index in [1.165, 1.54) is 0 Å². The Morgan fingerprint density at radius 3 is 2.73 bits per heavy atom. The van der Waals surface area contributed by atoms with Gasteiger partial charge in [-0.05, 0) is 32.4 Å². The minimum atomic E-state index is 0.627. The molecule has 0 radical (unpaired) electrons. The van der Waals surface area contributed by atoms with Crippen LogP contribution in [0.3, 0.4) is 0 Å². The molecule has 0 saturated carbocycles. The maximum absolute atomic E-state index is 5.55. The van der Waals surface area contributed by atoms with Crippen LogP contribution in [0.2, 0.25) is 0 Å². The van der Waals surface area contributed by atoms with Crippen LogP contribution in [-0.2, 0) is 6.42 Å². The minimum absolute atomic E-state index is 0.627. The molecule has 2 rings (SSSR count). The molecule has 0 unspecified atom stereocenters. The molecule has 0 aliphatic carbocycles. The van der Waals surface area contributed by atoms with Gasteiger partial charge in [0, 0.05) is 11.3 Å². The van der Waals surface area contributed by atoms with Gasteiger partial charge in [-0.3, -0.25) is 10.2 Å². The monoisotopic (exact) mass is 205 g/mol. The second-order valence-electron chi connectivity index (χ2n) is 3.62. The van der Waals surface area contributed by atoms with E-state index in [9.17, 15) is 0 Å². The Bertz CT molecular complexity index is 435. The van der Waals surface area contributed by atoms with Crippen LogP contribution in [0.15, 0.2) is 6.20 Å². The van der Waals surface area contributed by atoms with Crippen molar-refractivity contribution in [1.29, 1.82) is 0 Å². The van der Waals surface area contributed by atoms with E-state index in [-0.39, 0.29) is 0 Å². The van der Waals surface area contributed by atoms with Gasteiger partial charge >= 0.3 is 0 Å². The third-order valence-electron chi connectivity index (χ3n) is 2.51. The molecule has 5 heteroatoms. The zero-order valence-electron chi connectivity index (χ0n) is 8.96. The van der Waals surface area contributed by atoms with E-state index in [1.54, 1.807) is 0 Å². The summed E-state index contributed by atoms with van der Waals surface area (Å²) in [5.74, 6) is 0. The number of nitrogens with two attached hydrogens (primary N) is 1. The number of nitrogens with zero attached hydrogens (tertiary/aromatic N) is 2. The average molecular weight is 205 g/mol. The van der Waals surface area contributed by atoms with Crippen LogP contribution >= 0.6 is 0 Å². The Kier molecular flexibility index (Phi) is 2.55. The highest BCUT2D eigenvalue weighted by molar-refractivity contribution is 5.67. The Balaban J connectivity index is 2.49. The number of rotatable bonds is 3. The molecule has 2 aromatic rings. The van der Waals surface area contributed by atoms with E-state index in [1.807, 2.05) is 20.0 Å². The fraction of sp³-hybridized carbons (Fsp3) is 0.400. The summed E-state index contributed by atoms with van der Waals surface area (Å²) in [6.45, 7) is 4.61. The Morgan fingerprint density at radius 2 is 2.13 bits per heavy atom. The summed E-state index contributed by atoms with van der Waals surface area (Å²) >= 11 is 0. The zero-order valence-corrected chi connectivity index (χ0v) is 8.96. The molecule has 80 valence electrons. The van der Waals surface area contributed by atoms with Crippen LogP contribution in [0.5, 0.6) is 0 Å². The summed E-state index contributed by atoms with van der Waals surface area (Å²) in [6.07, 6.45) is 2.66. The molecule has 2 aromatic heterocycles. The van der Waals surface area contributed by atoms with Crippen molar-refractivity contribution in [2.24, 2.45) is 5.73 Å². The van der Waals surface area contributed by atoms with Crippen LogP contribution in [0.1, 0.15) is 17.0 Å². The van der Waals surface area contributed by atoms with Gasteiger partial charge < -0.3 is 5.73 Å². The molecule has 2 heterocycles. The molecule has 0 aromatic carbocycles. The average Bonchev–Trinajstić information content (AvgIpc) is 2.75. The predicted molar refractivity (Wildman–Crippen MR) is 58.4 cm³/mol. The summed E-state index contributed by atoms with van der Waals surface area (Å²) in [5, 5.41) is 14.2. The van der Waals surface area contributed by atoms with E-state index in [4.69, 9.17) is 5.73 Å². The van der Waals surface area contributed by atoms with Gasteiger partial charge in [-0.15, -0.1) is 0 Å². The topological polar surface area (TPSA) is 83.4 Å². The van der Waals surface area contributed by atoms with Crippen molar-refractivity contribution in [3.8, 4) is 11.3 Å². The first-order valence-electron chi connectivity index (χ1n) is 4.98. The van der Waals surface area contributed by atoms with E-state index in [0.29, 0.717) is 6.54 Å². The van der Waals surface area contributed by atoms with Crippen molar-refractivity contribution < 1.29 is 0 Å². The molecule has 0 spiro atoms. The van der Waals surface area contributed by atoms with Gasteiger partial charge in [0.15, 0.2) is 0 Å². The molecule has 0 amide bonds. The third kappa shape index (κ3) is 1.66. The number of nitrogens with one attached hydrogen (secondary N) is 2. The maximum atomic E-state index is 5.55. The van der Waals surface area contributed by atoms with Gasteiger partial charge in [-0.25, -0.2) is 0 Å². The maximum Gasteiger partial charge on any atom is 0.0719 e. The van der Waals surface area contributed by atoms with Crippen LogP contribution in [-0.4, -0.2) is 26.9 Å². The lowest BCUT2D eigenvalue weighted by molar-refractivity contribution is 0.971. The summed E-state index contributed by atoms with van der Waals surface area (Å²) < 4.78 is 0. The molecule has 0 fully saturated rings. The van der Waals surface area contributed by atoms with Gasteiger partial charge in [-0.1, -0.05) is 0 Å². The Morgan fingerprint density at radius 1 is 1.33 bits per heavy atom. The smallest absolute Gasteiger partial charge is 0.0719 e. The fourth-order valence-electron chi connectivity index (χ4n) is 1.79. The molecule has 0 atom stereocenters. The largest absolute Gasteiger partial charge is 0.330 e.